The van der Waals surface area contributed by atoms with Gasteiger partial charge in [-0.3, -0.25) is 4.79 Å². The lowest BCUT2D eigenvalue weighted by atomic mass is 10.2. The van der Waals surface area contributed by atoms with E-state index >= 15 is 0 Å². The summed E-state index contributed by atoms with van der Waals surface area (Å²) in [4.78, 5) is 12.3. The van der Waals surface area contributed by atoms with Gasteiger partial charge in [-0.25, -0.2) is 4.39 Å². The van der Waals surface area contributed by atoms with Crippen LogP contribution in [0.15, 0.2) is 30.5 Å². The Bertz CT molecular complexity index is 737. The zero-order valence-corrected chi connectivity index (χ0v) is 12.5. The van der Waals surface area contributed by atoms with Gasteiger partial charge in [0.05, 0.1) is 17.2 Å². The highest BCUT2D eigenvalue weighted by Gasteiger charge is 2.18. The Morgan fingerprint density at radius 2 is 2.27 bits per heavy atom. The molecule has 0 fully saturated rings. The summed E-state index contributed by atoms with van der Waals surface area (Å²) >= 11 is 5.77. The average molecular weight is 322 g/mol. The summed E-state index contributed by atoms with van der Waals surface area (Å²) in [5.74, 6) is -0.969. The van der Waals surface area contributed by atoms with Gasteiger partial charge in [-0.1, -0.05) is 11.6 Å². The third-order valence-electron chi connectivity index (χ3n) is 2.99. The highest BCUT2D eigenvalue weighted by atomic mass is 35.5. The van der Waals surface area contributed by atoms with Crippen LogP contribution in [0.25, 0.3) is 5.69 Å². The molecule has 1 amide bonds. The summed E-state index contributed by atoms with van der Waals surface area (Å²) in [5.41, 5.74) is 0.876. The van der Waals surface area contributed by atoms with E-state index in [1.165, 1.54) is 35.9 Å². The van der Waals surface area contributed by atoms with Gasteiger partial charge in [0.15, 0.2) is 0 Å². The van der Waals surface area contributed by atoms with Gasteiger partial charge < -0.3 is 14.6 Å². The number of methoxy groups -OCH3 is 1. The van der Waals surface area contributed by atoms with Gasteiger partial charge in [0.25, 0.3) is 5.91 Å². The van der Waals surface area contributed by atoms with Crippen LogP contribution in [0.3, 0.4) is 0 Å². The van der Waals surface area contributed by atoms with E-state index in [0.717, 1.165) is 0 Å². The summed E-state index contributed by atoms with van der Waals surface area (Å²) < 4.78 is 19.6. The van der Waals surface area contributed by atoms with Gasteiger partial charge in [0.1, 0.15) is 17.6 Å². The maximum atomic E-state index is 13.3. The van der Waals surface area contributed by atoms with Crippen molar-refractivity contribution >= 4 is 17.5 Å². The van der Waals surface area contributed by atoms with Crippen molar-refractivity contribution in [3.63, 3.8) is 0 Å². The molecule has 0 atom stereocenters. The number of hydrogen-bond acceptors (Lipinski definition) is 3. The Morgan fingerprint density at radius 3 is 2.91 bits per heavy atom. The molecule has 0 radical (unpaired) electrons. The van der Waals surface area contributed by atoms with Crippen LogP contribution in [0.2, 0.25) is 5.02 Å². The van der Waals surface area contributed by atoms with E-state index in [2.05, 4.69) is 5.32 Å². The van der Waals surface area contributed by atoms with E-state index in [1.54, 1.807) is 6.20 Å². The molecule has 0 spiro atoms. The normalized spacial score (nSPS) is 10.3. The number of nitrogens with zero attached hydrogens (tertiary/aromatic N) is 2. The lowest BCUT2D eigenvalue weighted by Gasteiger charge is -2.11. The van der Waals surface area contributed by atoms with Gasteiger partial charge in [-0.15, -0.1) is 0 Å². The molecule has 1 aromatic heterocycles. The number of rotatable bonds is 5. The first kappa shape index (κ1) is 16.0. The summed E-state index contributed by atoms with van der Waals surface area (Å²) in [6.45, 7) is 0.673. The molecular weight excluding hydrogens is 309 g/mol. The van der Waals surface area contributed by atoms with Gasteiger partial charge in [0.2, 0.25) is 0 Å². The van der Waals surface area contributed by atoms with Crippen LogP contribution >= 0.6 is 11.6 Å². The third-order valence-corrected chi connectivity index (χ3v) is 3.28. The van der Waals surface area contributed by atoms with Crippen LogP contribution in [-0.2, 0) is 4.74 Å². The molecule has 5 nitrogen and oxygen atoms in total. The average Bonchev–Trinajstić information content (AvgIpc) is 2.94. The molecular formula is C15H13ClFN3O2. The Hall–Kier alpha value is -2.36. The van der Waals surface area contributed by atoms with Gasteiger partial charge in [-0.2, -0.15) is 5.26 Å². The van der Waals surface area contributed by atoms with E-state index in [-0.39, 0.29) is 16.3 Å². The zero-order valence-electron chi connectivity index (χ0n) is 11.8. The highest BCUT2D eigenvalue weighted by Crippen LogP contribution is 2.22. The Balaban J connectivity index is 2.40. The highest BCUT2D eigenvalue weighted by molar-refractivity contribution is 6.30. The molecule has 2 aromatic rings. The fraction of sp³-hybridized carbons (Fsp3) is 0.200. The Labute approximate surface area is 131 Å². The van der Waals surface area contributed by atoms with Crippen molar-refractivity contribution in [3.05, 3.63) is 52.6 Å². The molecule has 7 heteroatoms. The third kappa shape index (κ3) is 3.27. The standard InChI is InChI=1S/C15H13ClFN3O2/c1-22-7-5-19-15(21)14-10(9-18)4-6-20(14)11-2-3-13(17)12(16)8-11/h2-4,6,8H,5,7H2,1H3,(H,19,21). The molecule has 0 saturated heterocycles. The fourth-order valence-electron chi connectivity index (χ4n) is 1.95. The minimum Gasteiger partial charge on any atom is -0.383 e. The fourth-order valence-corrected chi connectivity index (χ4v) is 2.13. The number of ether oxygens (including phenoxy) is 1. The van der Waals surface area contributed by atoms with Crippen LogP contribution in [0.5, 0.6) is 0 Å². The quantitative estimate of drug-likeness (QED) is 0.860. The van der Waals surface area contributed by atoms with E-state index in [0.29, 0.717) is 18.8 Å². The predicted molar refractivity (Wildman–Crippen MR) is 79.7 cm³/mol. The van der Waals surface area contributed by atoms with Gasteiger partial charge >= 0.3 is 0 Å². The van der Waals surface area contributed by atoms with Crippen molar-refractivity contribution in [1.82, 2.24) is 9.88 Å². The minimum atomic E-state index is -0.552. The van der Waals surface area contributed by atoms with E-state index in [9.17, 15) is 9.18 Å². The van der Waals surface area contributed by atoms with Crippen molar-refractivity contribution in [2.45, 2.75) is 0 Å². The first-order valence-electron chi connectivity index (χ1n) is 6.42. The number of aromatic nitrogens is 1. The van der Waals surface area contributed by atoms with Crippen molar-refractivity contribution < 1.29 is 13.9 Å². The zero-order chi connectivity index (χ0) is 16.1. The molecule has 22 heavy (non-hydrogen) atoms. The molecule has 0 aliphatic rings. The van der Waals surface area contributed by atoms with Crippen molar-refractivity contribution in [1.29, 1.82) is 5.26 Å². The molecule has 1 aromatic carbocycles. The molecule has 0 bridgehead atoms. The second-order valence-electron chi connectivity index (χ2n) is 4.41. The largest absolute Gasteiger partial charge is 0.383 e. The smallest absolute Gasteiger partial charge is 0.269 e. The summed E-state index contributed by atoms with van der Waals surface area (Å²) in [5, 5.41) is 11.7. The number of nitriles is 1. The second kappa shape index (κ2) is 7.07. The Kier molecular flexibility index (Phi) is 5.15. The molecule has 2 rings (SSSR count). The monoisotopic (exact) mass is 321 g/mol. The molecule has 0 unspecified atom stereocenters. The van der Waals surface area contributed by atoms with Crippen LogP contribution in [0.4, 0.5) is 4.39 Å². The number of nitrogens with one attached hydrogen (secondary N) is 1. The SMILES string of the molecule is COCCNC(=O)c1c(C#N)ccn1-c1ccc(F)c(Cl)c1. The van der Waals surface area contributed by atoms with Crippen LogP contribution in [0, 0.1) is 17.1 Å². The molecule has 0 saturated carbocycles. The number of carbonyl (C=O) groups is 1. The number of carbonyl (C=O) groups excluding carboxylic acids is 1. The summed E-state index contributed by atoms with van der Waals surface area (Å²) in [7, 11) is 1.52. The second-order valence-corrected chi connectivity index (χ2v) is 4.81. The lowest BCUT2D eigenvalue weighted by molar-refractivity contribution is 0.0930. The van der Waals surface area contributed by atoms with Crippen molar-refractivity contribution in [3.8, 4) is 11.8 Å². The van der Waals surface area contributed by atoms with Crippen molar-refractivity contribution in [2.24, 2.45) is 0 Å². The maximum Gasteiger partial charge on any atom is 0.269 e. The molecule has 1 N–H and O–H groups in total. The molecule has 114 valence electrons. The first-order valence-corrected chi connectivity index (χ1v) is 6.80. The lowest BCUT2D eigenvalue weighted by Crippen LogP contribution is -2.29. The molecule has 1 heterocycles. The first-order chi connectivity index (χ1) is 10.6. The van der Waals surface area contributed by atoms with Crippen molar-refractivity contribution in [2.75, 3.05) is 20.3 Å². The van der Waals surface area contributed by atoms with Crippen LogP contribution in [0.1, 0.15) is 16.1 Å². The van der Waals surface area contributed by atoms with E-state index in [1.807, 2.05) is 6.07 Å². The Morgan fingerprint density at radius 1 is 1.50 bits per heavy atom. The maximum absolute atomic E-state index is 13.3. The van der Waals surface area contributed by atoms with Crippen LogP contribution in [-0.4, -0.2) is 30.7 Å². The summed E-state index contributed by atoms with van der Waals surface area (Å²) in [6.07, 6.45) is 1.56. The summed E-state index contributed by atoms with van der Waals surface area (Å²) in [6, 6.07) is 7.56. The molecule has 0 aliphatic carbocycles. The number of amides is 1. The number of halogens is 2. The van der Waals surface area contributed by atoms with Gasteiger partial charge in [-0.05, 0) is 24.3 Å². The van der Waals surface area contributed by atoms with Crippen LogP contribution < -0.4 is 5.32 Å². The topological polar surface area (TPSA) is 67.0 Å². The number of hydrogen-bond donors (Lipinski definition) is 1. The van der Waals surface area contributed by atoms with E-state index in [4.69, 9.17) is 21.6 Å². The molecule has 0 aliphatic heterocycles. The van der Waals surface area contributed by atoms with E-state index < -0.39 is 11.7 Å². The predicted octanol–water partition coefficient (Wildman–Crippen LogP) is 2.52. The minimum absolute atomic E-state index is 0.0598. The van der Waals surface area contributed by atoms with Gasteiger partial charge in [0, 0.05) is 25.5 Å². The number of benzene rings is 1.